The average Bonchev–Trinajstić information content (AvgIpc) is 3.85. The first-order valence-corrected chi connectivity index (χ1v) is 14.3. The van der Waals surface area contributed by atoms with Crippen LogP contribution in [-0.2, 0) is 22.1 Å². The van der Waals surface area contributed by atoms with Gasteiger partial charge in [0.2, 0.25) is 5.88 Å². The lowest BCUT2D eigenvalue weighted by Gasteiger charge is -2.22. The number of nitrogens with zero attached hydrogens (tertiary/aromatic N) is 6. The van der Waals surface area contributed by atoms with Gasteiger partial charge in [-0.1, -0.05) is 6.92 Å². The molecule has 11 nitrogen and oxygen atoms in total. The van der Waals surface area contributed by atoms with Crippen molar-refractivity contribution in [1.29, 1.82) is 0 Å². The van der Waals surface area contributed by atoms with Crippen molar-refractivity contribution in [3.05, 3.63) is 41.7 Å². The number of nitrogens with one attached hydrogen (secondary N) is 2. The fourth-order valence-corrected chi connectivity index (χ4v) is 4.69. The second-order valence-electron chi connectivity index (χ2n) is 9.23. The maximum absolute atomic E-state index is 13.8. The van der Waals surface area contributed by atoms with Gasteiger partial charge in [-0.15, -0.1) is 0 Å². The van der Waals surface area contributed by atoms with E-state index in [1.165, 1.54) is 19.6 Å². The number of aliphatic imine (C=N–C) groups is 1. The minimum atomic E-state index is -4.55. The zero-order valence-electron chi connectivity index (χ0n) is 23.9. The van der Waals surface area contributed by atoms with E-state index in [4.69, 9.17) is 9.53 Å². The van der Waals surface area contributed by atoms with Gasteiger partial charge >= 0.3 is 6.18 Å². The van der Waals surface area contributed by atoms with E-state index >= 15 is 0 Å². The van der Waals surface area contributed by atoms with Crippen LogP contribution in [0.1, 0.15) is 49.7 Å². The van der Waals surface area contributed by atoms with Crippen molar-refractivity contribution in [2.24, 2.45) is 10.9 Å². The molecule has 3 aromatic heterocycles. The molecule has 0 aliphatic heterocycles. The second-order valence-corrected chi connectivity index (χ2v) is 11.0. The molecule has 2 N–H and O–H groups in total. The molecule has 0 bridgehead atoms. The number of methoxy groups -OCH3 is 1. The Balaban J connectivity index is 0.00000237. The quantitative estimate of drug-likeness (QED) is 0.246. The molecule has 1 aliphatic rings. The number of halogens is 3. The van der Waals surface area contributed by atoms with Gasteiger partial charge in [0.1, 0.15) is 36.1 Å². The van der Waals surface area contributed by atoms with Gasteiger partial charge in [-0.2, -0.15) is 13.2 Å². The third-order valence-corrected chi connectivity index (χ3v) is 7.73. The predicted molar refractivity (Wildman–Crippen MR) is 154 cm³/mol. The number of carbonyl (C=O) groups is 1. The van der Waals surface area contributed by atoms with Crippen LogP contribution in [0.2, 0.25) is 0 Å². The molecule has 1 aliphatic carbocycles. The van der Waals surface area contributed by atoms with E-state index in [1.54, 1.807) is 33.0 Å². The Labute approximate surface area is 244 Å². The van der Waals surface area contributed by atoms with Crippen molar-refractivity contribution in [3.8, 4) is 17.3 Å². The molecular formula is C27H33F3N8O3S. The molecule has 42 heavy (non-hydrogen) atoms. The lowest BCUT2D eigenvalue weighted by atomic mass is 10.1. The zero-order valence-corrected chi connectivity index (χ0v) is 24.8. The number of aryl methyl sites for hydroxylation is 1. The summed E-state index contributed by atoms with van der Waals surface area (Å²) in [4.78, 5) is 34.9. The van der Waals surface area contributed by atoms with E-state index in [2.05, 4.69) is 40.5 Å². The summed E-state index contributed by atoms with van der Waals surface area (Å²) in [6.45, 7) is 6.38. The van der Waals surface area contributed by atoms with Crippen molar-refractivity contribution in [3.63, 3.8) is 0 Å². The number of hydrogen-bond donors (Lipinski definition) is 2. The highest BCUT2D eigenvalue weighted by atomic mass is 32.2. The Kier molecular flexibility index (Phi) is 11.0. The van der Waals surface area contributed by atoms with Gasteiger partial charge in [-0.3, -0.25) is 14.2 Å². The Morgan fingerprint density at radius 2 is 1.93 bits per heavy atom. The van der Waals surface area contributed by atoms with Crippen molar-refractivity contribution in [2.75, 3.05) is 30.5 Å². The van der Waals surface area contributed by atoms with Gasteiger partial charge < -0.3 is 20.2 Å². The summed E-state index contributed by atoms with van der Waals surface area (Å²) < 4.78 is 59.0. The molecule has 2 atom stereocenters. The number of pyridine rings is 1. The van der Waals surface area contributed by atoms with Crippen molar-refractivity contribution >= 4 is 34.9 Å². The van der Waals surface area contributed by atoms with Gasteiger partial charge in [-0.25, -0.2) is 19.9 Å². The first-order valence-electron chi connectivity index (χ1n) is 13.0. The van der Waals surface area contributed by atoms with Crippen molar-refractivity contribution in [2.45, 2.75) is 57.1 Å². The van der Waals surface area contributed by atoms with E-state index in [0.717, 1.165) is 25.5 Å². The van der Waals surface area contributed by atoms with Crippen LogP contribution >= 0.6 is 0 Å². The number of rotatable bonds is 10. The molecule has 0 aromatic carbocycles. The third-order valence-electron chi connectivity index (χ3n) is 6.44. The summed E-state index contributed by atoms with van der Waals surface area (Å²) in [5.74, 6) is -0.616. The molecule has 15 heteroatoms. The maximum Gasteiger partial charge on any atom is 0.398 e. The van der Waals surface area contributed by atoms with Crippen LogP contribution in [0.3, 0.4) is 0 Å². The number of carbonyl (C=O) groups excluding carboxylic acids is 1. The van der Waals surface area contributed by atoms with E-state index in [-0.39, 0.29) is 29.8 Å². The Morgan fingerprint density at radius 1 is 1.21 bits per heavy atom. The highest BCUT2D eigenvalue weighted by Crippen LogP contribution is 2.45. The van der Waals surface area contributed by atoms with Gasteiger partial charge in [-0.05, 0) is 38.8 Å². The summed E-state index contributed by atoms with van der Waals surface area (Å²) >= 11 is 0. The summed E-state index contributed by atoms with van der Waals surface area (Å²) in [6, 6.07) is 3.25. The first-order chi connectivity index (χ1) is 20.1. The molecule has 0 radical (unpaired) electrons. The lowest BCUT2D eigenvalue weighted by molar-refractivity contribution is -0.150. The molecule has 1 saturated carbocycles. The average molecular weight is 607 g/mol. The molecule has 2 unspecified atom stereocenters. The van der Waals surface area contributed by atoms with Gasteiger partial charge in [0.05, 0.1) is 46.4 Å². The second kappa shape index (κ2) is 14.2. The zero-order chi connectivity index (χ0) is 31.0. The number of alkyl halides is 3. The molecule has 3 heterocycles. The monoisotopic (exact) mass is 606 g/mol. The number of anilines is 2. The Morgan fingerprint density at radius 3 is 2.48 bits per heavy atom. The van der Waals surface area contributed by atoms with E-state index in [1.807, 2.05) is 6.79 Å². The number of hydrogen-bond acceptors (Lipinski definition) is 10. The summed E-state index contributed by atoms with van der Waals surface area (Å²) in [5, 5.41) is 5.80. The van der Waals surface area contributed by atoms with Crippen LogP contribution in [0.5, 0.6) is 5.88 Å². The minimum absolute atomic E-state index is 0.113. The van der Waals surface area contributed by atoms with Crippen molar-refractivity contribution in [1.82, 2.24) is 24.9 Å². The van der Waals surface area contributed by atoms with Gasteiger partial charge in [0.15, 0.2) is 11.6 Å². The van der Waals surface area contributed by atoms with E-state index in [0.29, 0.717) is 39.3 Å². The van der Waals surface area contributed by atoms with Crippen LogP contribution in [0.25, 0.3) is 11.4 Å². The molecule has 0 saturated heterocycles. The highest BCUT2D eigenvalue weighted by Gasteiger charge is 2.40. The molecule has 4 rings (SSSR count). The predicted octanol–water partition coefficient (Wildman–Crippen LogP) is 4.72. The van der Waals surface area contributed by atoms with Crippen LogP contribution in [-0.4, -0.2) is 67.8 Å². The maximum atomic E-state index is 13.8. The van der Waals surface area contributed by atoms with Crippen molar-refractivity contribution < 1.29 is 26.9 Å². The number of aromatic nitrogens is 5. The molecule has 0 amide bonds. The molecule has 226 valence electrons. The van der Waals surface area contributed by atoms with Crippen LogP contribution < -0.4 is 15.4 Å². The lowest BCUT2D eigenvalue weighted by Crippen LogP contribution is -2.33. The fraction of sp³-hybridized carbons (Fsp3) is 0.444. The summed E-state index contributed by atoms with van der Waals surface area (Å²) in [7, 11) is 1.94. The topological polar surface area (TPSA) is 144 Å². The smallest absolute Gasteiger partial charge is 0.398 e. The fourth-order valence-electron chi connectivity index (χ4n) is 3.97. The van der Waals surface area contributed by atoms with Gasteiger partial charge in [0, 0.05) is 24.9 Å². The van der Waals surface area contributed by atoms with Crippen LogP contribution in [0.4, 0.5) is 24.7 Å². The normalized spacial score (nSPS) is 14.8. The van der Waals surface area contributed by atoms with Gasteiger partial charge in [0.25, 0.3) is 0 Å². The largest absolute Gasteiger partial charge is 0.480 e. The van der Waals surface area contributed by atoms with Crippen LogP contribution in [0.15, 0.2) is 34.5 Å². The molecule has 0 spiro atoms. The first kappa shape index (κ1) is 32.5. The SMILES string of the molecule is C=O.CCS(=O)c1ccc(CN=C(Nc2c(C)nc(-c3c(OC)ncnc3C3CC3)nc2NC)C(C)C(F)(F)F)nc1. The number of amidine groups is 1. The Bertz CT molecular complexity index is 1430. The minimum Gasteiger partial charge on any atom is -0.480 e. The van der Waals surface area contributed by atoms with E-state index < -0.39 is 22.9 Å². The third kappa shape index (κ3) is 7.63. The molecule has 1 fully saturated rings. The van der Waals surface area contributed by atoms with E-state index in [9.17, 15) is 17.4 Å². The molecular weight excluding hydrogens is 573 g/mol. The standard InChI is InChI=1S/C26H31F3N8O2S.CH2O/c1-6-40(38)18-10-9-17(31-12-18)11-32-22(14(2)26(27,28)29)36-20-15(3)35-23(37-24(20)30-4)19-21(16-7-8-16)33-13-34-25(19)39-5;1-2/h9-10,12-14,16H,6-8,11H2,1-5H3,(H,32,36)(H,30,35,37);1H2. The summed E-state index contributed by atoms with van der Waals surface area (Å²) in [6.07, 6.45) is 0.300. The molecule has 3 aromatic rings. The highest BCUT2D eigenvalue weighted by molar-refractivity contribution is 7.85. The van der Waals surface area contributed by atoms with Crippen LogP contribution in [0, 0.1) is 12.8 Å². The summed E-state index contributed by atoms with van der Waals surface area (Å²) in [5.41, 5.74) is 2.43. The number of ether oxygens (including phenoxy) is 1. The Hall–Kier alpha value is -4.01.